The van der Waals surface area contributed by atoms with Gasteiger partial charge in [0.25, 0.3) is 0 Å². The molecule has 0 aliphatic rings. The fraction of sp³-hybridized carbons (Fsp3) is 0.462. The number of alkyl halides is 1. The van der Waals surface area contributed by atoms with E-state index in [1.54, 1.807) is 30.0 Å². The molecule has 5 nitrogen and oxygen atoms in total. The van der Waals surface area contributed by atoms with Gasteiger partial charge in [-0.1, -0.05) is 75.5 Å². The molecule has 0 saturated carbocycles. The third kappa shape index (κ3) is 9.83. The van der Waals surface area contributed by atoms with E-state index in [0.29, 0.717) is 28.8 Å². The van der Waals surface area contributed by atoms with Gasteiger partial charge in [-0.3, -0.25) is 14.5 Å². The quantitative estimate of drug-likeness (QED) is 0.186. The monoisotopic (exact) mass is 528 g/mol. The first-order valence-electron chi connectivity index (χ1n) is 11.6. The molecule has 2 rings (SSSR count). The van der Waals surface area contributed by atoms with E-state index in [1.807, 2.05) is 6.07 Å². The Morgan fingerprint density at radius 1 is 0.971 bits per heavy atom. The molecule has 8 heteroatoms. The van der Waals surface area contributed by atoms with Gasteiger partial charge in [-0.15, -0.1) is 11.6 Å². The Labute approximate surface area is 218 Å². The number of rotatable bonds is 11. The number of nitrogens with zero attached hydrogens (tertiary/aromatic N) is 1. The Bertz CT molecular complexity index is 900. The SMILES string of the molecule is CCC(=O)Nc1ccc(Cl)c(Cl)c1.CCCCOCN(C(=O)CCl)c1c(CC)cccc1CC. The second-order valence-electron chi connectivity index (χ2n) is 7.51. The second kappa shape index (κ2) is 16.8. The van der Waals surface area contributed by atoms with Gasteiger partial charge in [0, 0.05) is 18.7 Å². The van der Waals surface area contributed by atoms with E-state index in [2.05, 4.69) is 38.2 Å². The van der Waals surface area contributed by atoms with Crippen LogP contribution in [-0.4, -0.2) is 31.0 Å². The predicted molar refractivity (Wildman–Crippen MR) is 145 cm³/mol. The zero-order chi connectivity index (χ0) is 25.5. The number of hydrogen-bond donors (Lipinski definition) is 1. The van der Waals surface area contributed by atoms with Crippen molar-refractivity contribution in [2.45, 2.75) is 59.8 Å². The Morgan fingerprint density at radius 2 is 1.62 bits per heavy atom. The maximum atomic E-state index is 12.2. The number of ether oxygens (including phenoxy) is 1. The first-order chi connectivity index (χ1) is 16.3. The lowest BCUT2D eigenvalue weighted by Crippen LogP contribution is -2.35. The van der Waals surface area contributed by atoms with E-state index >= 15 is 0 Å². The number of anilines is 2. The van der Waals surface area contributed by atoms with Crippen molar-refractivity contribution in [3.8, 4) is 0 Å². The van der Waals surface area contributed by atoms with Crippen LogP contribution in [0.1, 0.15) is 58.1 Å². The van der Waals surface area contributed by atoms with Crippen molar-refractivity contribution in [2.24, 2.45) is 0 Å². The van der Waals surface area contributed by atoms with Crippen molar-refractivity contribution >= 4 is 58.0 Å². The van der Waals surface area contributed by atoms with Gasteiger partial charge in [0.05, 0.1) is 15.7 Å². The van der Waals surface area contributed by atoms with E-state index in [1.165, 1.54) is 0 Å². The van der Waals surface area contributed by atoms with Gasteiger partial charge < -0.3 is 10.1 Å². The summed E-state index contributed by atoms with van der Waals surface area (Å²) >= 11 is 17.2. The molecule has 0 aliphatic heterocycles. The van der Waals surface area contributed by atoms with E-state index in [4.69, 9.17) is 39.5 Å². The number of aryl methyl sites for hydroxylation is 2. The Balaban J connectivity index is 0.000000380. The summed E-state index contributed by atoms with van der Waals surface area (Å²) in [5, 5.41) is 3.60. The zero-order valence-corrected chi connectivity index (χ0v) is 22.7. The number of unbranched alkanes of at least 4 members (excludes halogenated alkanes) is 1. The van der Waals surface area contributed by atoms with Crippen LogP contribution in [0.5, 0.6) is 0 Å². The summed E-state index contributed by atoms with van der Waals surface area (Å²) in [7, 11) is 0. The third-order valence-corrected chi connectivity index (χ3v) is 6.00. The predicted octanol–water partition coefficient (Wildman–Crippen LogP) is 7.50. The summed E-state index contributed by atoms with van der Waals surface area (Å²) in [6.45, 7) is 9.03. The number of hydrogen-bond acceptors (Lipinski definition) is 3. The average molecular weight is 530 g/mol. The lowest BCUT2D eigenvalue weighted by molar-refractivity contribution is -0.117. The highest BCUT2D eigenvalue weighted by atomic mass is 35.5. The maximum Gasteiger partial charge on any atom is 0.243 e. The lowest BCUT2D eigenvalue weighted by atomic mass is 10.0. The minimum Gasteiger partial charge on any atom is -0.361 e. The molecule has 0 fully saturated rings. The van der Waals surface area contributed by atoms with Crippen molar-refractivity contribution in [3.63, 3.8) is 0 Å². The zero-order valence-electron chi connectivity index (χ0n) is 20.4. The molecule has 0 bridgehead atoms. The first-order valence-corrected chi connectivity index (χ1v) is 12.9. The maximum absolute atomic E-state index is 12.2. The molecule has 0 aromatic heterocycles. The van der Waals surface area contributed by atoms with Crippen molar-refractivity contribution in [2.75, 3.05) is 29.4 Å². The highest BCUT2D eigenvalue weighted by Gasteiger charge is 2.20. The van der Waals surface area contributed by atoms with Crippen LogP contribution in [0.15, 0.2) is 36.4 Å². The van der Waals surface area contributed by atoms with Gasteiger partial charge in [-0.2, -0.15) is 0 Å². The summed E-state index contributed by atoms with van der Waals surface area (Å²) in [5.74, 6) is -0.180. The van der Waals surface area contributed by atoms with Gasteiger partial charge in [0.2, 0.25) is 11.8 Å². The molecular formula is C26H35Cl3N2O3. The van der Waals surface area contributed by atoms with Gasteiger partial charge >= 0.3 is 0 Å². The van der Waals surface area contributed by atoms with Crippen LogP contribution < -0.4 is 10.2 Å². The Hall–Kier alpha value is -1.79. The van der Waals surface area contributed by atoms with Crippen molar-refractivity contribution < 1.29 is 14.3 Å². The molecule has 2 amide bonds. The Kier molecular flexibility index (Phi) is 14.9. The molecular weight excluding hydrogens is 495 g/mol. The molecule has 0 radical (unpaired) electrons. The standard InChI is InChI=1S/C17H26ClNO2.C9H9Cl2NO/c1-4-7-11-21-13-19(16(20)12-18)17-14(5-2)9-8-10-15(17)6-3;1-2-9(13)12-6-3-4-7(10)8(11)5-6/h8-10H,4-7,11-13H2,1-3H3;3-5H,2H2,1H3,(H,12,13). The number of carbonyl (C=O) groups excluding carboxylic acids is 2. The molecule has 0 heterocycles. The van der Waals surface area contributed by atoms with E-state index in [-0.39, 0.29) is 24.4 Å². The highest BCUT2D eigenvalue weighted by molar-refractivity contribution is 6.42. The Morgan fingerprint density at radius 3 is 2.12 bits per heavy atom. The van der Waals surface area contributed by atoms with Gasteiger partial charge in [-0.25, -0.2) is 0 Å². The lowest BCUT2D eigenvalue weighted by Gasteiger charge is -2.26. The summed E-state index contributed by atoms with van der Waals surface area (Å²) in [4.78, 5) is 24.9. The average Bonchev–Trinajstić information content (AvgIpc) is 2.85. The number of nitrogens with one attached hydrogen (secondary N) is 1. The normalized spacial score (nSPS) is 10.3. The summed E-state index contributed by atoms with van der Waals surface area (Å²) in [6, 6.07) is 11.2. The van der Waals surface area contributed by atoms with Crippen molar-refractivity contribution in [1.29, 1.82) is 0 Å². The van der Waals surface area contributed by atoms with Crippen LogP contribution in [0.3, 0.4) is 0 Å². The molecule has 2 aromatic carbocycles. The molecule has 34 heavy (non-hydrogen) atoms. The fourth-order valence-electron chi connectivity index (χ4n) is 3.12. The summed E-state index contributed by atoms with van der Waals surface area (Å²) in [6.07, 6.45) is 4.28. The van der Waals surface area contributed by atoms with Crippen LogP contribution in [-0.2, 0) is 27.2 Å². The molecule has 1 N–H and O–H groups in total. The van der Waals surface area contributed by atoms with Crippen molar-refractivity contribution in [1.82, 2.24) is 0 Å². The number of amides is 2. The molecule has 188 valence electrons. The van der Waals surface area contributed by atoms with Gasteiger partial charge in [-0.05, 0) is 48.6 Å². The van der Waals surface area contributed by atoms with E-state index in [9.17, 15) is 9.59 Å². The largest absolute Gasteiger partial charge is 0.361 e. The molecule has 0 atom stereocenters. The number of halogens is 3. The number of para-hydroxylation sites is 1. The molecule has 0 aliphatic carbocycles. The first kappa shape index (κ1) is 30.2. The summed E-state index contributed by atoms with van der Waals surface area (Å²) < 4.78 is 5.66. The van der Waals surface area contributed by atoms with Crippen LogP contribution >= 0.6 is 34.8 Å². The van der Waals surface area contributed by atoms with Gasteiger partial charge in [0.1, 0.15) is 12.6 Å². The van der Waals surface area contributed by atoms with Crippen LogP contribution in [0, 0.1) is 0 Å². The van der Waals surface area contributed by atoms with Crippen LogP contribution in [0.2, 0.25) is 10.0 Å². The number of benzene rings is 2. The van der Waals surface area contributed by atoms with Gasteiger partial charge in [0.15, 0.2) is 0 Å². The summed E-state index contributed by atoms with van der Waals surface area (Å²) in [5.41, 5.74) is 3.96. The highest BCUT2D eigenvalue weighted by Crippen LogP contribution is 2.28. The second-order valence-corrected chi connectivity index (χ2v) is 8.59. The molecule has 2 aromatic rings. The molecule has 0 spiro atoms. The topological polar surface area (TPSA) is 58.6 Å². The minimum absolute atomic E-state index is 0.0294. The van der Waals surface area contributed by atoms with E-state index < -0.39 is 0 Å². The molecule has 0 unspecified atom stereocenters. The van der Waals surface area contributed by atoms with E-state index in [0.717, 1.165) is 42.5 Å². The molecule has 0 saturated heterocycles. The third-order valence-electron chi connectivity index (χ3n) is 5.04. The van der Waals surface area contributed by atoms with Crippen molar-refractivity contribution in [3.05, 3.63) is 57.6 Å². The van der Waals surface area contributed by atoms with Crippen LogP contribution in [0.25, 0.3) is 0 Å². The minimum atomic E-state index is -0.108. The van der Waals surface area contributed by atoms with Crippen LogP contribution in [0.4, 0.5) is 11.4 Å². The fourth-order valence-corrected chi connectivity index (χ4v) is 3.56. The smallest absolute Gasteiger partial charge is 0.243 e. The number of carbonyl (C=O) groups is 2.